The third-order valence-corrected chi connectivity index (χ3v) is 3.77. The summed E-state index contributed by atoms with van der Waals surface area (Å²) in [6.45, 7) is 0. The van der Waals surface area contributed by atoms with Crippen LogP contribution < -0.4 is 68.9 Å². The topological polar surface area (TPSA) is 254 Å². The summed E-state index contributed by atoms with van der Waals surface area (Å²) in [4.78, 5) is 65.1. The Bertz CT molecular complexity index is 346. The van der Waals surface area contributed by atoms with E-state index < -0.39 is 31.3 Å². The van der Waals surface area contributed by atoms with Crippen molar-refractivity contribution in [2.24, 2.45) is 0 Å². The Morgan fingerprint density at radius 3 is 0.750 bits per heavy atom. The van der Waals surface area contributed by atoms with Gasteiger partial charge in [0.15, 0.2) is 0 Å². The smallest absolute Gasteiger partial charge is 0.756 e. The molecule has 0 aliphatic rings. The SMILES string of the molecule is O=P([O-])(O)OP(=O)(O)O.O=P([O-])(O)OP(=O)(O)O.[Na+].[Na+]. The molecule has 0 saturated carbocycles. The number of rotatable bonds is 4. The average molecular weight is 400 g/mol. The van der Waals surface area contributed by atoms with E-state index in [1.54, 1.807) is 0 Å². The molecule has 0 radical (unpaired) electrons. The molecule has 0 saturated heterocycles. The van der Waals surface area contributed by atoms with Crippen molar-refractivity contribution in [3.05, 3.63) is 0 Å². The molecular weight excluding hydrogens is 394 g/mol. The molecule has 2 atom stereocenters. The molecule has 0 bridgehead atoms. The van der Waals surface area contributed by atoms with E-state index in [4.69, 9.17) is 29.4 Å². The first-order valence-corrected chi connectivity index (χ1v) is 9.08. The average Bonchev–Trinajstić information content (AvgIpc) is 1.64. The van der Waals surface area contributed by atoms with Crippen molar-refractivity contribution in [2.45, 2.75) is 0 Å². The standard InChI is InChI=1S/2Na.2H4O7P2/c;;2*1-8(2,3)7-9(4,5)6/h;;2*(H2,1,2,3)(H2,4,5,6)/q2*+1;;/p-2. The molecule has 112 valence electrons. The van der Waals surface area contributed by atoms with Crippen LogP contribution in [0.5, 0.6) is 0 Å². The summed E-state index contributed by atoms with van der Waals surface area (Å²) in [6.07, 6.45) is 0. The first-order chi connectivity index (χ1) is 7.41. The van der Waals surface area contributed by atoms with E-state index in [1.807, 2.05) is 0 Å². The van der Waals surface area contributed by atoms with Crippen LogP contribution in [0.25, 0.3) is 0 Å². The molecule has 2 unspecified atom stereocenters. The molecule has 0 fully saturated rings. The fourth-order valence-electron chi connectivity index (χ4n) is 0.269. The molecule has 0 spiro atoms. The Balaban J connectivity index is -0.000000116. The second-order valence-electron chi connectivity index (χ2n) is 2.08. The fourth-order valence-corrected chi connectivity index (χ4v) is 2.42. The van der Waals surface area contributed by atoms with Gasteiger partial charge in [0.2, 0.25) is 0 Å². The summed E-state index contributed by atoms with van der Waals surface area (Å²) in [5.41, 5.74) is 0. The van der Waals surface area contributed by atoms with Crippen LogP contribution >= 0.6 is 31.3 Å². The van der Waals surface area contributed by atoms with Crippen LogP contribution in [0.2, 0.25) is 0 Å². The van der Waals surface area contributed by atoms with Crippen LogP contribution in [0.15, 0.2) is 0 Å². The molecule has 0 rings (SSSR count). The van der Waals surface area contributed by atoms with Crippen LogP contribution in [-0.2, 0) is 26.9 Å². The molecule has 0 amide bonds. The van der Waals surface area contributed by atoms with Gasteiger partial charge < -0.3 is 39.1 Å². The molecule has 14 nitrogen and oxygen atoms in total. The van der Waals surface area contributed by atoms with Gasteiger partial charge in [-0.05, 0) is 0 Å². The van der Waals surface area contributed by atoms with Crippen LogP contribution in [0.1, 0.15) is 0 Å². The zero-order chi connectivity index (χ0) is 15.4. The largest absolute Gasteiger partial charge is 1.00 e. The van der Waals surface area contributed by atoms with E-state index in [-0.39, 0.29) is 59.1 Å². The second kappa shape index (κ2) is 11.1. The first-order valence-electron chi connectivity index (χ1n) is 3.03. The van der Waals surface area contributed by atoms with Gasteiger partial charge in [0.05, 0.1) is 0 Å². The maximum absolute atomic E-state index is 9.59. The predicted molar refractivity (Wildman–Crippen MR) is 45.9 cm³/mol. The monoisotopic (exact) mass is 400 g/mol. The predicted octanol–water partition coefficient (Wildman–Crippen LogP) is -8.88. The first kappa shape index (κ1) is 30.4. The molecule has 0 aliphatic carbocycles. The molecular formula is H6Na2O14P4. The van der Waals surface area contributed by atoms with Gasteiger partial charge in [-0.15, -0.1) is 0 Å². The summed E-state index contributed by atoms with van der Waals surface area (Å²) in [5, 5.41) is 0. The third kappa shape index (κ3) is 37.1. The van der Waals surface area contributed by atoms with E-state index in [0.717, 1.165) is 0 Å². The quantitative estimate of drug-likeness (QED) is 0.189. The van der Waals surface area contributed by atoms with Gasteiger partial charge in [-0.3, -0.25) is 9.13 Å². The van der Waals surface area contributed by atoms with E-state index in [1.165, 1.54) is 0 Å². The zero-order valence-electron chi connectivity index (χ0n) is 9.74. The zero-order valence-corrected chi connectivity index (χ0v) is 17.3. The molecule has 0 aliphatic heterocycles. The van der Waals surface area contributed by atoms with E-state index >= 15 is 0 Å². The van der Waals surface area contributed by atoms with Crippen LogP contribution in [0, 0.1) is 0 Å². The van der Waals surface area contributed by atoms with Crippen molar-refractivity contribution in [3.63, 3.8) is 0 Å². The number of phosphoric acid groups is 4. The Labute approximate surface area is 155 Å². The Morgan fingerprint density at radius 2 is 0.750 bits per heavy atom. The van der Waals surface area contributed by atoms with Gasteiger partial charge in [-0.1, -0.05) is 0 Å². The summed E-state index contributed by atoms with van der Waals surface area (Å²) in [5.74, 6) is 0. The molecule has 0 aromatic heterocycles. The van der Waals surface area contributed by atoms with E-state index in [2.05, 4.69) is 8.62 Å². The van der Waals surface area contributed by atoms with Crippen molar-refractivity contribution in [1.82, 2.24) is 0 Å². The van der Waals surface area contributed by atoms with Crippen molar-refractivity contribution >= 4 is 31.3 Å². The van der Waals surface area contributed by atoms with Crippen LogP contribution in [0.4, 0.5) is 0 Å². The molecule has 0 heterocycles. The van der Waals surface area contributed by atoms with Crippen molar-refractivity contribution in [3.8, 4) is 0 Å². The van der Waals surface area contributed by atoms with Gasteiger partial charge >= 0.3 is 74.8 Å². The van der Waals surface area contributed by atoms with E-state index in [9.17, 15) is 28.0 Å². The van der Waals surface area contributed by atoms with Gasteiger partial charge in [0, 0.05) is 0 Å². The third-order valence-electron chi connectivity index (χ3n) is 0.419. The Kier molecular flexibility index (Phi) is 16.9. The van der Waals surface area contributed by atoms with Crippen LogP contribution in [-0.4, -0.2) is 29.4 Å². The van der Waals surface area contributed by atoms with Crippen molar-refractivity contribution < 1.29 is 125 Å². The second-order valence-corrected chi connectivity index (χ2v) is 7.22. The van der Waals surface area contributed by atoms with Gasteiger partial charge in [-0.2, -0.15) is 0 Å². The van der Waals surface area contributed by atoms with Gasteiger partial charge in [0.1, 0.15) is 0 Å². The van der Waals surface area contributed by atoms with Gasteiger partial charge in [-0.25, -0.2) is 17.8 Å². The van der Waals surface area contributed by atoms with Crippen LogP contribution in [0.3, 0.4) is 0 Å². The molecule has 20 heavy (non-hydrogen) atoms. The summed E-state index contributed by atoms with van der Waals surface area (Å²) >= 11 is 0. The van der Waals surface area contributed by atoms with E-state index in [0.29, 0.717) is 0 Å². The molecule has 0 aromatic rings. The summed E-state index contributed by atoms with van der Waals surface area (Å²) in [7, 11) is -20.8. The molecule has 20 heteroatoms. The minimum absolute atomic E-state index is 0. The molecule has 6 N–H and O–H groups in total. The Hall–Kier alpha value is 2.52. The van der Waals surface area contributed by atoms with Crippen molar-refractivity contribution in [1.29, 1.82) is 0 Å². The minimum atomic E-state index is -5.30. The maximum atomic E-state index is 9.59. The maximum Gasteiger partial charge on any atom is 1.00 e. The fraction of sp³-hybridized carbons (Fsp3) is 0. The summed E-state index contributed by atoms with van der Waals surface area (Å²) < 4.78 is 43.9. The number of hydrogen-bond acceptors (Lipinski definition) is 8. The normalized spacial score (nSPS) is 17.2. The summed E-state index contributed by atoms with van der Waals surface area (Å²) in [6, 6.07) is 0. The number of hydrogen-bond donors (Lipinski definition) is 6. The minimum Gasteiger partial charge on any atom is -0.756 e. The van der Waals surface area contributed by atoms with Crippen molar-refractivity contribution in [2.75, 3.05) is 0 Å². The molecule has 0 aromatic carbocycles. The Morgan fingerprint density at radius 1 is 0.600 bits per heavy atom. The van der Waals surface area contributed by atoms with Gasteiger partial charge in [0.25, 0.3) is 15.6 Å².